The summed E-state index contributed by atoms with van der Waals surface area (Å²) >= 11 is 1.73. The van der Waals surface area contributed by atoms with E-state index in [1.165, 1.54) is 16.1 Å². The fraction of sp³-hybridized carbons (Fsp3) is 0.0556. The van der Waals surface area contributed by atoms with Crippen molar-refractivity contribution in [3.05, 3.63) is 70.9 Å². The molecule has 158 valence electrons. The number of carbonyl (C=O) groups excluding carboxylic acids is 1. The Balaban J connectivity index is 1.61. The molecule has 0 unspecified atom stereocenters. The van der Waals surface area contributed by atoms with Crippen molar-refractivity contribution in [2.75, 3.05) is 11.1 Å². The zero-order valence-electron chi connectivity index (χ0n) is 15.6. The molecule has 31 heavy (non-hydrogen) atoms. The third-order valence-corrected chi connectivity index (χ3v) is 7.76. The van der Waals surface area contributed by atoms with Crippen molar-refractivity contribution in [3.8, 4) is 0 Å². The molecule has 4 aromatic rings. The number of imidazole rings is 1. The lowest BCUT2D eigenvalue weighted by Crippen LogP contribution is -2.44. The molecule has 0 spiro atoms. The highest BCUT2D eigenvalue weighted by atomic mass is 32.2. The first-order valence-electron chi connectivity index (χ1n) is 8.72. The predicted octanol–water partition coefficient (Wildman–Crippen LogP) is 2.79. The van der Waals surface area contributed by atoms with Crippen molar-refractivity contribution in [2.24, 2.45) is 0 Å². The molecule has 0 fully saturated rings. The molecule has 0 saturated heterocycles. The number of carbonyl (C=O) groups is 1. The van der Waals surface area contributed by atoms with Crippen LogP contribution in [-0.4, -0.2) is 35.0 Å². The van der Waals surface area contributed by atoms with Crippen LogP contribution in [0.5, 0.6) is 0 Å². The second-order valence-electron chi connectivity index (χ2n) is 6.13. The van der Waals surface area contributed by atoms with Crippen LogP contribution in [0.25, 0.3) is 11.0 Å². The van der Waals surface area contributed by atoms with Crippen molar-refractivity contribution in [3.63, 3.8) is 0 Å². The quantitative estimate of drug-likeness (QED) is 0.181. The summed E-state index contributed by atoms with van der Waals surface area (Å²) in [5, 5.41) is 13.4. The van der Waals surface area contributed by atoms with E-state index in [0.717, 1.165) is 29.3 Å². The van der Waals surface area contributed by atoms with E-state index >= 15 is 0 Å². The zero-order valence-corrected chi connectivity index (χ0v) is 18.0. The number of nitrogens with zero attached hydrogens (tertiary/aromatic N) is 3. The summed E-state index contributed by atoms with van der Waals surface area (Å²) in [6.45, 7) is 0. The molecule has 4 rings (SSSR count). The van der Waals surface area contributed by atoms with Gasteiger partial charge in [-0.3, -0.25) is 14.9 Å². The van der Waals surface area contributed by atoms with Gasteiger partial charge in [0.1, 0.15) is 11.1 Å². The lowest BCUT2D eigenvalue weighted by molar-refractivity contribution is -0.526. The smallest absolute Gasteiger partial charge is 0.301 e. The van der Waals surface area contributed by atoms with Gasteiger partial charge in [-0.15, -0.1) is 3.97 Å². The van der Waals surface area contributed by atoms with Crippen LogP contribution in [0.4, 0.5) is 10.1 Å². The molecule has 0 saturated carbocycles. The summed E-state index contributed by atoms with van der Waals surface area (Å²) < 4.78 is 27.7. The monoisotopic (exact) mass is 476 g/mol. The number of para-hydroxylation sites is 2. The van der Waals surface area contributed by atoms with Gasteiger partial charge in [-0.2, -0.15) is 8.42 Å². The number of rotatable bonds is 7. The number of anilines is 1. The minimum atomic E-state index is -3.92. The van der Waals surface area contributed by atoms with Crippen molar-refractivity contribution in [2.45, 2.75) is 10.1 Å². The molecular weight excluding hydrogens is 462 g/mol. The second kappa shape index (κ2) is 8.45. The number of aromatic nitrogens is 3. The summed E-state index contributed by atoms with van der Waals surface area (Å²) in [7, 11) is -3.92. The predicted molar refractivity (Wildman–Crippen MR) is 116 cm³/mol. The molecule has 10 nitrogen and oxygen atoms in total. The maximum absolute atomic E-state index is 13.3. The molecule has 0 radical (unpaired) electrons. The first-order valence-corrected chi connectivity index (χ1v) is 12.0. The van der Waals surface area contributed by atoms with E-state index in [1.807, 2.05) is 0 Å². The number of H-pyrrole nitrogens is 1. The second-order valence-corrected chi connectivity index (χ2v) is 9.89. The van der Waals surface area contributed by atoms with Gasteiger partial charge in [-0.1, -0.05) is 30.3 Å². The molecule has 2 aromatic heterocycles. The SMILES string of the molecule is O=C(CSc1[nH]c2ccccc2[n+]1S(=O)(=O)c1ccccc1)Nc1ncc([N+](=O)[O-])s1. The molecule has 13 heteroatoms. The van der Waals surface area contributed by atoms with Gasteiger partial charge in [0.25, 0.3) is 0 Å². The van der Waals surface area contributed by atoms with Gasteiger partial charge in [0.05, 0.1) is 10.7 Å². The number of nitrogens with one attached hydrogen (secondary N) is 2. The third kappa shape index (κ3) is 4.28. The highest BCUT2D eigenvalue weighted by Crippen LogP contribution is 2.26. The summed E-state index contributed by atoms with van der Waals surface area (Å²) in [4.78, 5) is 29.4. The Morgan fingerprint density at radius 3 is 2.61 bits per heavy atom. The standard InChI is InChI=1S/C18H13N5O5S3/c24-15(21-17-19-10-16(30-17)23(25)26)11-29-18-20-13-8-4-5-9-14(13)22(18)31(27,28)12-6-2-1-3-7-12/h1-10H,11H2,(H,19,21,24)/p+1. The average molecular weight is 477 g/mol. The number of nitro groups is 1. The van der Waals surface area contributed by atoms with E-state index in [4.69, 9.17) is 0 Å². The summed E-state index contributed by atoms with van der Waals surface area (Å²) in [6, 6.07) is 14.9. The van der Waals surface area contributed by atoms with Gasteiger partial charge in [-0.25, -0.2) is 9.97 Å². The van der Waals surface area contributed by atoms with Gasteiger partial charge in [0.2, 0.25) is 5.91 Å². The summed E-state index contributed by atoms with van der Waals surface area (Å²) in [5.74, 6) is -0.610. The zero-order chi connectivity index (χ0) is 22.0. The van der Waals surface area contributed by atoms with E-state index in [0.29, 0.717) is 11.0 Å². The van der Waals surface area contributed by atoms with E-state index in [-0.39, 0.29) is 25.9 Å². The number of benzene rings is 2. The number of hydrogen-bond acceptors (Lipinski definition) is 8. The van der Waals surface area contributed by atoms with Crippen LogP contribution in [-0.2, 0) is 14.8 Å². The highest BCUT2D eigenvalue weighted by molar-refractivity contribution is 8.00. The van der Waals surface area contributed by atoms with Crippen LogP contribution in [0.1, 0.15) is 0 Å². The lowest BCUT2D eigenvalue weighted by atomic mass is 10.3. The number of aromatic amines is 1. The highest BCUT2D eigenvalue weighted by Gasteiger charge is 2.32. The Bertz CT molecular complexity index is 1380. The van der Waals surface area contributed by atoms with E-state index in [9.17, 15) is 23.3 Å². The van der Waals surface area contributed by atoms with Gasteiger partial charge in [0.15, 0.2) is 16.2 Å². The number of hydrogen-bond donors (Lipinski definition) is 2. The fourth-order valence-electron chi connectivity index (χ4n) is 2.76. The van der Waals surface area contributed by atoms with Crippen LogP contribution in [0.3, 0.4) is 0 Å². The van der Waals surface area contributed by atoms with E-state index < -0.39 is 20.9 Å². The normalized spacial score (nSPS) is 11.5. The largest absolute Gasteiger partial charge is 0.345 e. The van der Waals surface area contributed by atoms with E-state index in [1.54, 1.807) is 42.5 Å². The van der Waals surface area contributed by atoms with Crippen LogP contribution in [0.15, 0.2) is 70.8 Å². The molecule has 1 amide bonds. The molecule has 2 heterocycles. The Hall–Kier alpha value is -3.29. The van der Waals surface area contributed by atoms with Gasteiger partial charge in [0, 0.05) is 0 Å². The van der Waals surface area contributed by atoms with Crippen molar-refractivity contribution in [1.29, 1.82) is 0 Å². The molecular formula is C18H14N5O5S3+. The van der Waals surface area contributed by atoms with Crippen LogP contribution in [0.2, 0.25) is 0 Å². The van der Waals surface area contributed by atoms with Gasteiger partial charge in [-0.05, 0) is 47.4 Å². The Morgan fingerprint density at radius 1 is 1.19 bits per heavy atom. The molecule has 0 bridgehead atoms. The van der Waals surface area contributed by atoms with Gasteiger partial charge < -0.3 is 5.32 Å². The molecule has 0 aliphatic carbocycles. The Labute approximate surface area is 184 Å². The topological polar surface area (TPSA) is 139 Å². The van der Waals surface area contributed by atoms with Crippen LogP contribution in [0, 0.1) is 10.1 Å². The molecule has 2 N–H and O–H groups in total. The van der Waals surface area contributed by atoms with Crippen LogP contribution >= 0.6 is 23.1 Å². The lowest BCUT2D eigenvalue weighted by Gasteiger charge is -2.04. The molecule has 2 aromatic carbocycles. The maximum atomic E-state index is 13.3. The summed E-state index contributed by atoms with van der Waals surface area (Å²) in [6.07, 6.45) is 1.06. The Morgan fingerprint density at radius 2 is 1.90 bits per heavy atom. The Kier molecular flexibility index (Phi) is 5.71. The van der Waals surface area contributed by atoms with Crippen molar-refractivity contribution >= 4 is 60.2 Å². The minimum Gasteiger partial charge on any atom is -0.301 e. The number of thiazole rings is 1. The maximum Gasteiger partial charge on any atom is 0.345 e. The number of fused-ring (bicyclic) bond motifs is 1. The average Bonchev–Trinajstić information content (AvgIpc) is 3.37. The molecule has 0 atom stereocenters. The van der Waals surface area contributed by atoms with Crippen molar-refractivity contribution in [1.82, 2.24) is 9.97 Å². The first kappa shape index (κ1) is 21.0. The first-order chi connectivity index (χ1) is 14.9. The number of thioether (sulfide) groups is 1. The number of amides is 1. The van der Waals surface area contributed by atoms with E-state index in [2.05, 4.69) is 15.3 Å². The minimum absolute atomic E-state index is 0.0960. The van der Waals surface area contributed by atoms with Crippen molar-refractivity contribution < 1.29 is 22.1 Å². The van der Waals surface area contributed by atoms with Crippen LogP contribution < -0.4 is 9.29 Å². The summed E-state index contributed by atoms with van der Waals surface area (Å²) in [5.41, 5.74) is 1.05. The fourth-order valence-corrected chi connectivity index (χ4v) is 5.99. The third-order valence-electron chi connectivity index (χ3n) is 4.09. The van der Waals surface area contributed by atoms with Gasteiger partial charge >= 0.3 is 20.2 Å². The molecule has 0 aliphatic rings. The molecule has 0 aliphatic heterocycles.